The third-order valence-electron chi connectivity index (χ3n) is 3.51. The largest absolute Gasteiger partial charge is 0.354 e. The van der Waals surface area contributed by atoms with E-state index in [1.54, 1.807) is 4.57 Å². The van der Waals surface area contributed by atoms with Gasteiger partial charge in [-0.3, -0.25) is 9.36 Å². The highest BCUT2D eigenvalue weighted by Crippen LogP contribution is 2.36. The van der Waals surface area contributed by atoms with Crippen LogP contribution >= 0.6 is 0 Å². The van der Waals surface area contributed by atoms with Gasteiger partial charge < -0.3 is 5.32 Å². The number of aromatic nitrogens is 3. The van der Waals surface area contributed by atoms with E-state index in [1.165, 1.54) is 11.6 Å². The van der Waals surface area contributed by atoms with Gasteiger partial charge in [-0.1, -0.05) is 30.3 Å². The molecule has 0 radical (unpaired) electrons. The summed E-state index contributed by atoms with van der Waals surface area (Å²) in [5, 5.41) is 7.14. The number of rotatable bonds is 5. The van der Waals surface area contributed by atoms with Gasteiger partial charge in [0.15, 0.2) is 5.82 Å². The van der Waals surface area contributed by atoms with E-state index in [2.05, 4.69) is 10.4 Å². The van der Waals surface area contributed by atoms with E-state index >= 15 is 0 Å². The fraction of sp³-hybridized carbons (Fsp3) is 0.400. The van der Waals surface area contributed by atoms with Crippen molar-refractivity contribution in [2.24, 2.45) is 0 Å². The van der Waals surface area contributed by atoms with E-state index in [9.17, 15) is 9.59 Å². The lowest BCUT2D eigenvalue weighted by molar-refractivity contribution is -0.118. The van der Waals surface area contributed by atoms with E-state index in [0.717, 1.165) is 18.4 Å². The van der Waals surface area contributed by atoms with Gasteiger partial charge in [0.2, 0.25) is 5.91 Å². The second-order valence-electron chi connectivity index (χ2n) is 5.28. The molecule has 110 valence electrons. The molecule has 1 saturated carbocycles. The quantitative estimate of drug-likeness (QED) is 0.897. The average molecular weight is 286 g/mol. The molecule has 1 aromatic heterocycles. The molecule has 1 aliphatic carbocycles. The molecule has 0 saturated heterocycles. The van der Waals surface area contributed by atoms with Crippen LogP contribution in [-0.4, -0.2) is 26.8 Å². The molecular weight excluding hydrogens is 268 g/mol. The summed E-state index contributed by atoms with van der Waals surface area (Å²) in [6, 6.07) is 10.00. The van der Waals surface area contributed by atoms with Crippen LogP contribution in [0.2, 0.25) is 0 Å². The van der Waals surface area contributed by atoms with E-state index in [4.69, 9.17) is 0 Å². The van der Waals surface area contributed by atoms with Crippen LogP contribution in [0, 0.1) is 0 Å². The van der Waals surface area contributed by atoms with Crippen LogP contribution in [-0.2, 0) is 11.3 Å². The van der Waals surface area contributed by atoms with Gasteiger partial charge in [-0.25, -0.2) is 9.48 Å². The third-order valence-corrected chi connectivity index (χ3v) is 3.51. The van der Waals surface area contributed by atoms with Crippen molar-refractivity contribution < 1.29 is 4.79 Å². The van der Waals surface area contributed by atoms with Gasteiger partial charge in [-0.15, -0.1) is 5.10 Å². The lowest BCUT2D eigenvalue weighted by atomic mass is 10.2. The first-order valence-electron chi connectivity index (χ1n) is 7.16. The highest BCUT2D eigenvalue weighted by Gasteiger charge is 2.30. The van der Waals surface area contributed by atoms with Crippen LogP contribution in [0.5, 0.6) is 0 Å². The summed E-state index contributed by atoms with van der Waals surface area (Å²) in [6.45, 7) is 2.25. The van der Waals surface area contributed by atoms with Crippen LogP contribution in [0.15, 0.2) is 35.1 Å². The lowest BCUT2D eigenvalue weighted by Crippen LogP contribution is -2.31. The molecule has 3 rings (SSSR count). The van der Waals surface area contributed by atoms with Gasteiger partial charge in [-0.2, -0.15) is 0 Å². The van der Waals surface area contributed by atoms with Crippen molar-refractivity contribution in [1.29, 1.82) is 0 Å². The first-order valence-corrected chi connectivity index (χ1v) is 7.16. The normalized spacial score (nSPS) is 14.1. The van der Waals surface area contributed by atoms with Gasteiger partial charge >= 0.3 is 5.69 Å². The SMILES string of the molecule is CC(=O)NCCn1nc(-c2ccccc2)n(C2CC2)c1=O. The summed E-state index contributed by atoms with van der Waals surface area (Å²) in [6.07, 6.45) is 2.05. The molecule has 2 aromatic rings. The molecule has 1 fully saturated rings. The summed E-state index contributed by atoms with van der Waals surface area (Å²) >= 11 is 0. The molecule has 6 heteroatoms. The number of benzene rings is 1. The molecule has 0 unspecified atom stereocenters. The predicted molar refractivity (Wildman–Crippen MR) is 78.9 cm³/mol. The van der Waals surface area contributed by atoms with E-state index in [1.807, 2.05) is 30.3 Å². The number of amides is 1. The first-order chi connectivity index (χ1) is 10.2. The second-order valence-corrected chi connectivity index (χ2v) is 5.28. The molecule has 0 atom stereocenters. The maximum absolute atomic E-state index is 12.5. The Morgan fingerprint density at radius 3 is 2.67 bits per heavy atom. The molecule has 1 N–H and O–H groups in total. The maximum atomic E-state index is 12.5. The van der Waals surface area contributed by atoms with Gasteiger partial charge in [-0.05, 0) is 12.8 Å². The summed E-state index contributed by atoms with van der Waals surface area (Å²) in [7, 11) is 0. The van der Waals surface area contributed by atoms with Crippen LogP contribution in [0.3, 0.4) is 0 Å². The van der Waals surface area contributed by atoms with E-state index in [0.29, 0.717) is 18.9 Å². The van der Waals surface area contributed by atoms with Crippen LogP contribution in [0.1, 0.15) is 25.8 Å². The van der Waals surface area contributed by atoms with Gasteiger partial charge in [0.25, 0.3) is 0 Å². The zero-order chi connectivity index (χ0) is 14.8. The van der Waals surface area contributed by atoms with Crippen LogP contribution < -0.4 is 11.0 Å². The number of carbonyl (C=O) groups excluding carboxylic acids is 1. The number of hydrogen-bond donors (Lipinski definition) is 1. The van der Waals surface area contributed by atoms with Gasteiger partial charge in [0, 0.05) is 25.1 Å². The standard InChI is InChI=1S/C15H18N4O2/c1-11(20)16-9-10-18-15(21)19(13-7-8-13)14(17-18)12-5-3-2-4-6-12/h2-6,13H,7-10H2,1H3,(H,16,20). The Labute approximate surface area is 122 Å². The monoisotopic (exact) mass is 286 g/mol. The van der Waals surface area contributed by atoms with Crippen molar-refractivity contribution >= 4 is 5.91 Å². The van der Waals surface area contributed by atoms with Crippen molar-refractivity contribution in [3.63, 3.8) is 0 Å². The zero-order valence-corrected chi connectivity index (χ0v) is 12.0. The second kappa shape index (κ2) is 5.55. The Morgan fingerprint density at radius 2 is 2.05 bits per heavy atom. The summed E-state index contributed by atoms with van der Waals surface area (Å²) in [5.74, 6) is 0.610. The topological polar surface area (TPSA) is 68.9 Å². The number of carbonyl (C=O) groups is 1. The molecule has 6 nitrogen and oxygen atoms in total. The maximum Gasteiger partial charge on any atom is 0.346 e. The molecule has 1 heterocycles. The molecular formula is C15H18N4O2. The Balaban J connectivity index is 1.92. The Bertz CT molecular complexity index is 698. The van der Waals surface area contributed by atoms with Crippen molar-refractivity contribution in [2.75, 3.05) is 6.54 Å². The van der Waals surface area contributed by atoms with Crippen molar-refractivity contribution in [3.8, 4) is 11.4 Å². The van der Waals surface area contributed by atoms with E-state index < -0.39 is 0 Å². The highest BCUT2D eigenvalue weighted by molar-refractivity contribution is 5.72. The minimum atomic E-state index is -0.104. The summed E-state index contributed by atoms with van der Waals surface area (Å²) < 4.78 is 3.22. The number of nitrogens with one attached hydrogen (secondary N) is 1. The Morgan fingerprint density at radius 1 is 1.33 bits per heavy atom. The number of nitrogens with zero attached hydrogens (tertiary/aromatic N) is 3. The fourth-order valence-corrected chi connectivity index (χ4v) is 2.35. The third kappa shape index (κ3) is 2.89. The molecule has 0 bridgehead atoms. The summed E-state index contributed by atoms with van der Waals surface area (Å²) in [4.78, 5) is 23.4. The van der Waals surface area contributed by atoms with Crippen LogP contribution in [0.4, 0.5) is 0 Å². The molecule has 1 aliphatic rings. The molecule has 0 spiro atoms. The smallest absolute Gasteiger partial charge is 0.346 e. The van der Waals surface area contributed by atoms with E-state index in [-0.39, 0.29) is 17.6 Å². The average Bonchev–Trinajstić information content (AvgIpc) is 3.25. The Kier molecular flexibility index (Phi) is 3.60. The first kappa shape index (κ1) is 13.6. The molecule has 1 amide bonds. The lowest BCUT2D eigenvalue weighted by Gasteiger charge is -2.02. The summed E-state index contributed by atoms with van der Waals surface area (Å²) in [5.41, 5.74) is 0.849. The van der Waals surface area contributed by atoms with Crippen molar-refractivity contribution in [2.45, 2.75) is 32.4 Å². The van der Waals surface area contributed by atoms with Gasteiger partial charge in [0.1, 0.15) is 0 Å². The van der Waals surface area contributed by atoms with Crippen molar-refractivity contribution in [1.82, 2.24) is 19.7 Å². The minimum Gasteiger partial charge on any atom is -0.354 e. The Hall–Kier alpha value is -2.37. The van der Waals surface area contributed by atoms with Gasteiger partial charge in [0.05, 0.1) is 6.54 Å². The van der Waals surface area contributed by atoms with Crippen LogP contribution in [0.25, 0.3) is 11.4 Å². The zero-order valence-electron chi connectivity index (χ0n) is 12.0. The molecule has 0 aliphatic heterocycles. The molecule has 21 heavy (non-hydrogen) atoms. The predicted octanol–water partition coefficient (Wildman–Crippen LogP) is 1.18. The molecule has 1 aromatic carbocycles. The van der Waals surface area contributed by atoms with Crippen molar-refractivity contribution in [3.05, 3.63) is 40.8 Å². The highest BCUT2D eigenvalue weighted by atomic mass is 16.2. The number of hydrogen-bond acceptors (Lipinski definition) is 3. The minimum absolute atomic E-state index is 0.0956. The fourth-order valence-electron chi connectivity index (χ4n) is 2.35.